The number of fused-ring (bicyclic) bond motifs is 1. The van der Waals surface area contributed by atoms with Crippen LogP contribution in [0.25, 0.3) is 11.1 Å². The van der Waals surface area contributed by atoms with Gasteiger partial charge in [-0.1, -0.05) is 30.3 Å². The minimum absolute atomic E-state index is 0. The molecule has 256 valence electrons. The molecular formula is C34H57N3O8. The van der Waals surface area contributed by atoms with Gasteiger partial charge in [-0.25, -0.2) is 0 Å². The molecule has 2 aromatic carbocycles. The van der Waals surface area contributed by atoms with Crippen molar-refractivity contribution in [1.29, 1.82) is 0 Å². The van der Waals surface area contributed by atoms with E-state index in [-0.39, 0.29) is 68.2 Å². The van der Waals surface area contributed by atoms with Gasteiger partial charge in [-0.05, 0) is 81.9 Å². The van der Waals surface area contributed by atoms with Crippen molar-refractivity contribution in [2.45, 2.75) is 45.6 Å². The summed E-state index contributed by atoms with van der Waals surface area (Å²) in [7, 11) is 5.89. The third-order valence-corrected chi connectivity index (χ3v) is 8.50. The molecule has 11 nitrogen and oxygen atoms in total. The molecule has 1 heterocycles. The second kappa shape index (κ2) is 19.5. The van der Waals surface area contributed by atoms with Crippen LogP contribution in [0.15, 0.2) is 36.4 Å². The highest BCUT2D eigenvalue weighted by atomic mass is 16.3. The number of aromatic hydroxyl groups is 1. The summed E-state index contributed by atoms with van der Waals surface area (Å²) in [5.74, 6) is -1.89. The van der Waals surface area contributed by atoms with Crippen LogP contribution in [0.2, 0.25) is 0 Å². The average Bonchev–Trinajstić information content (AvgIpc) is 2.95. The number of nitrogens with zero attached hydrogens (tertiary/aromatic N) is 2. The van der Waals surface area contributed by atoms with Crippen LogP contribution >= 0.6 is 0 Å². The van der Waals surface area contributed by atoms with Crippen molar-refractivity contribution in [3.63, 3.8) is 0 Å². The third kappa shape index (κ3) is 11.1. The molecule has 0 spiro atoms. The van der Waals surface area contributed by atoms with Gasteiger partial charge < -0.3 is 36.5 Å². The number of Topliss-reactive ketones (excluding diaryl/α,β-unsaturated/α-hetero) is 3. The molecule has 3 atom stereocenters. The van der Waals surface area contributed by atoms with E-state index in [0.29, 0.717) is 30.4 Å². The molecular weight excluding hydrogens is 578 g/mol. The van der Waals surface area contributed by atoms with Crippen LogP contribution in [0.3, 0.4) is 0 Å². The van der Waals surface area contributed by atoms with Gasteiger partial charge in [0.15, 0.2) is 5.78 Å². The Morgan fingerprint density at radius 2 is 1.71 bits per heavy atom. The van der Waals surface area contributed by atoms with Crippen molar-refractivity contribution in [3.05, 3.63) is 53.1 Å². The first-order valence-electron chi connectivity index (χ1n) is 15.3. The standard InChI is InChI=1S/C32H42N2O6.C2H7N.2H2O.2H2/c1-21(37)14-29(38)28(20-36)25(8-13-35)16-23-17-26-6-7-27(32(40)31(26)30(39)18-23)24-5-3-4-22(15-24)19-34-11-9-33(2)10-12-34;1-3-2;;;;/h3-7,15,23,25,28,35-36,40H,8-14,16-20H2,1-2H3;3H,1-2H3;2*1H2;2*1H. The summed E-state index contributed by atoms with van der Waals surface area (Å²) < 4.78 is 0. The minimum atomic E-state index is -0.749. The predicted octanol–water partition coefficient (Wildman–Crippen LogP) is 1.78. The summed E-state index contributed by atoms with van der Waals surface area (Å²) in [5, 5.41) is 33.5. The molecule has 0 radical (unpaired) electrons. The van der Waals surface area contributed by atoms with Gasteiger partial charge in [0.2, 0.25) is 0 Å². The fraction of sp³-hybridized carbons (Fsp3) is 0.559. The SMILES string of the molecule is CC(=O)CC(=O)C(CO)C(CCO)CC1CC(=O)c2c(ccc(-c3cccc(CN4CCN(C)CC4)c3)c2O)C1.CNC.O.O.[HH].[HH]. The van der Waals surface area contributed by atoms with Gasteiger partial charge in [-0.2, -0.15) is 0 Å². The van der Waals surface area contributed by atoms with Crippen molar-refractivity contribution >= 4 is 17.3 Å². The molecule has 0 bridgehead atoms. The number of likely N-dealkylation sites (N-methyl/N-ethyl adjacent to an activating group) is 1. The zero-order valence-electron chi connectivity index (χ0n) is 27.1. The van der Waals surface area contributed by atoms with E-state index in [4.69, 9.17) is 0 Å². The lowest BCUT2D eigenvalue weighted by molar-refractivity contribution is -0.131. The summed E-state index contributed by atoms with van der Waals surface area (Å²) in [5.41, 5.74) is 3.81. The minimum Gasteiger partial charge on any atom is -0.507 e. The van der Waals surface area contributed by atoms with E-state index in [1.165, 1.54) is 12.5 Å². The number of hydrogen-bond acceptors (Lipinski definition) is 9. The van der Waals surface area contributed by atoms with Crippen LogP contribution in [-0.2, 0) is 22.6 Å². The number of phenols is 1. The van der Waals surface area contributed by atoms with E-state index in [1.54, 1.807) is 0 Å². The summed E-state index contributed by atoms with van der Waals surface area (Å²) in [6.45, 7) is 5.76. The van der Waals surface area contributed by atoms with E-state index in [0.717, 1.165) is 43.9 Å². The molecule has 1 aliphatic heterocycles. The van der Waals surface area contributed by atoms with E-state index in [2.05, 4.69) is 34.3 Å². The summed E-state index contributed by atoms with van der Waals surface area (Å²) >= 11 is 0. The van der Waals surface area contributed by atoms with Crippen molar-refractivity contribution < 1.29 is 43.5 Å². The smallest absolute Gasteiger partial charge is 0.167 e. The number of ketones is 3. The molecule has 11 heteroatoms. The van der Waals surface area contributed by atoms with Crippen LogP contribution in [0.1, 0.15) is 56.9 Å². The zero-order chi connectivity index (χ0) is 31.5. The molecule has 1 saturated heterocycles. The molecule has 8 N–H and O–H groups in total. The average molecular weight is 636 g/mol. The number of benzene rings is 2. The Balaban J connectivity index is 0. The normalized spacial score (nSPS) is 17.9. The number of hydrogen-bond donors (Lipinski definition) is 4. The third-order valence-electron chi connectivity index (χ3n) is 8.50. The van der Waals surface area contributed by atoms with Crippen LogP contribution in [0.5, 0.6) is 5.75 Å². The van der Waals surface area contributed by atoms with Gasteiger partial charge in [0.05, 0.1) is 18.6 Å². The Morgan fingerprint density at radius 1 is 1.04 bits per heavy atom. The number of aliphatic hydroxyl groups excluding tert-OH is 2. The van der Waals surface area contributed by atoms with E-state index >= 15 is 0 Å². The number of rotatable bonds is 12. The van der Waals surface area contributed by atoms with Gasteiger partial charge in [0, 0.05) is 60.1 Å². The highest BCUT2D eigenvalue weighted by molar-refractivity contribution is 6.03. The number of piperazine rings is 1. The van der Waals surface area contributed by atoms with Crippen LogP contribution in [-0.4, -0.2) is 114 Å². The fourth-order valence-corrected chi connectivity index (χ4v) is 6.33. The molecule has 4 rings (SSSR count). The Kier molecular flexibility index (Phi) is 17.3. The number of carbonyl (C=O) groups is 3. The summed E-state index contributed by atoms with van der Waals surface area (Å²) in [6, 6.07) is 11.9. The maximum absolute atomic E-state index is 13.3. The molecule has 0 amide bonds. The number of carbonyl (C=O) groups excluding carboxylic acids is 3. The van der Waals surface area contributed by atoms with Crippen molar-refractivity contribution in [2.75, 3.05) is 60.5 Å². The second-order valence-corrected chi connectivity index (χ2v) is 12.1. The Labute approximate surface area is 269 Å². The largest absolute Gasteiger partial charge is 0.507 e. The van der Waals surface area contributed by atoms with Gasteiger partial charge in [-0.3, -0.25) is 19.3 Å². The maximum atomic E-state index is 13.3. The van der Waals surface area contributed by atoms with E-state index < -0.39 is 12.5 Å². The molecule has 3 unspecified atom stereocenters. The topological polar surface area (TPSA) is 193 Å². The fourth-order valence-electron chi connectivity index (χ4n) is 6.33. The molecule has 0 aromatic heterocycles. The summed E-state index contributed by atoms with van der Waals surface area (Å²) in [4.78, 5) is 42.2. The quantitative estimate of drug-likeness (QED) is 0.252. The van der Waals surface area contributed by atoms with Gasteiger partial charge in [0.1, 0.15) is 17.3 Å². The van der Waals surface area contributed by atoms with Gasteiger partial charge >= 0.3 is 0 Å². The lowest BCUT2D eigenvalue weighted by atomic mass is 9.73. The first-order valence-corrected chi connectivity index (χ1v) is 15.3. The lowest BCUT2D eigenvalue weighted by Crippen LogP contribution is -2.43. The zero-order valence-corrected chi connectivity index (χ0v) is 27.1. The number of aliphatic hydroxyl groups is 2. The van der Waals surface area contributed by atoms with Crippen molar-refractivity contribution in [1.82, 2.24) is 15.1 Å². The molecule has 2 aromatic rings. The first kappa shape index (κ1) is 40.0. The summed E-state index contributed by atoms with van der Waals surface area (Å²) in [6.07, 6.45) is 1.30. The maximum Gasteiger partial charge on any atom is 0.167 e. The van der Waals surface area contributed by atoms with Crippen LogP contribution in [0, 0.1) is 17.8 Å². The van der Waals surface area contributed by atoms with E-state index in [9.17, 15) is 29.7 Å². The first-order chi connectivity index (χ1) is 20.6. The lowest BCUT2D eigenvalue weighted by Gasteiger charge is -2.32. The van der Waals surface area contributed by atoms with Crippen LogP contribution < -0.4 is 5.32 Å². The Hall–Kier alpha value is -3.03. The van der Waals surface area contributed by atoms with Crippen molar-refractivity contribution in [2.24, 2.45) is 17.8 Å². The second-order valence-electron chi connectivity index (χ2n) is 12.1. The van der Waals surface area contributed by atoms with E-state index in [1.807, 2.05) is 38.4 Å². The van der Waals surface area contributed by atoms with Crippen molar-refractivity contribution in [3.8, 4) is 16.9 Å². The Bertz CT molecular complexity index is 1260. The Morgan fingerprint density at radius 3 is 2.31 bits per heavy atom. The van der Waals surface area contributed by atoms with Gasteiger partial charge in [0.25, 0.3) is 0 Å². The molecule has 1 aliphatic carbocycles. The predicted molar refractivity (Wildman–Crippen MR) is 180 cm³/mol. The highest BCUT2D eigenvalue weighted by Crippen LogP contribution is 2.41. The monoisotopic (exact) mass is 635 g/mol. The molecule has 1 fully saturated rings. The molecule has 45 heavy (non-hydrogen) atoms. The number of phenolic OH excluding ortho intramolecular Hbond substituents is 1. The van der Waals surface area contributed by atoms with Crippen LogP contribution in [0.4, 0.5) is 0 Å². The molecule has 0 saturated carbocycles. The van der Waals surface area contributed by atoms with Gasteiger partial charge in [-0.15, -0.1) is 0 Å². The highest BCUT2D eigenvalue weighted by Gasteiger charge is 2.34. The molecule has 2 aliphatic rings. The number of nitrogens with one attached hydrogen (secondary N) is 1.